The summed E-state index contributed by atoms with van der Waals surface area (Å²) in [7, 11) is 0. The molecule has 10 heteroatoms. The molecule has 1 aromatic carbocycles. The van der Waals surface area contributed by atoms with E-state index < -0.39 is 11.9 Å². The third-order valence-corrected chi connectivity index (χ3v) is 6.61. The Hall–Kier alpha value is -2.39. The van der Waals surface area contributed by atoms with Gasteiger partial charge in [-0.3, -0.25) is 5.32 Å². The SMILES string of the molecule is O=C(O)Nc1ccc(-c2cn(C3CCC4(CC3)OCCO4)c3ncnc(Cl)c23)cc1Cl. The minimum Gasteiger partial charge on any atom is -0.465 e. The number of rotatable bonds is 3. The Morgan fingerprint density at radius 2 is 1.94 bits per heavy atom. The van der Waals surface area contributed by atoms with Gasteiger partial charge in [0.15, 0.2) is 5.79 Å². The van der Waals surface area contributed by atoms with Crippen LogP contribution in [0.3, 0.4) is 0 Å². The van der Waals surface area contributed by atoms with Crippen molar-refractivity contribution in [3.05, 3.63) is 40.9 Å². The number of anilines is 1. The predicted molar refractivity (Wildman–Crippen MR) is 117 cm³/mol. The Balaban J connectivity index is 1.53. The summed E-state index contributed by atoms with van der Waals surface area (Å²) >= 11 is 12.8. The average Bonchev–Trinajstić information content (AvgIpc) is 3.36. The van der Waals surface area contributed by atoms with Gasteiger partial charge in [-0.2, -0.15) is 0 Å². The second kappa shape index (κ2) is 7.94. The first-order valence-corrected chi connectivity index (χ1v) is 10.8. The molecular weight excluding hydrogens is 443 g/mol. The van der Waals surface area contributed by atoms with Crippen LogP contribution in [0.5, 0.6) is 0 Å². The lowest BCUT2D eigenvalue weighted by Gasteiger charge is -2.36. The molecule has 0 bridgehead atoms. The Morgan fingerprint density at radius 1 is 1.19 bits per heavy atom. The number of hydrogen-bond acceptors (Lipinski definition) is 5. The van der Waals surface area contributed by atoms with Crippen molar-refractivity contribution >= 4 is 46.0 Å². The third kappa shape index (κ3) is 3.74. The Labute approximate surface area is 188 Å². The van der Waals surface area contributed by atoms with Gasteiger partial charge >= 0.3 is 6.09 Å². The molecule has 31 heavy (non-hydrogen) atoms. The fraction of sp³-hybridized carbons (Fsp3) is 0.381. The fourth-order valence-electron chi connectivity index (χ4n) is 4.55. The van der Waals surface area contributed by atoms with Crippen LogP contribution in [0.2, 0.25) is 10.2 Å². The molecule has 3 heterocycles. The normalized spacial score (nSPS) is 18.6. The number of carbonyl (C=O) groups is 1. The van der Waals surface area contributed by atoms with E-state index in [4.69, 9.17) is 37.8 Å². The van der Waals surface area contributed by atoms with Crippen LogP contribution in [-0.2, 0) is 9.47 Å². The van der Waals surface area contributed by atoms with Crippen LogP contribution in [0.15, 0.2) is 30.7 Å². The molecule has 2 aromatic heterocycles. The van der Waals surface area contributed by atoms with Gasteiger partial charge in [-0.1, -0.05) is 29.3 Å². The van der Waals surface area contributed by atoms with E-state index in [9.17, 15) is 4.79 Å². The molecule has 1 aliphatic heterocycles. The first-order chi connectivity index (χ1) is 15.0. The van der Waals surface area contributed by atoms with E-state index in [1.165, 1.54) is 6.33 Å². The molecule has 2 N–H and O–H groups in total. The van der Waals surface area contributed by atoms with Crippen LogP contribution in [0, 0.1) is 0 Å². The van der Waals surface area contributed by atoms with Gasteiger partial charge in [0.25, 0.3) is 0 Å². The number of hydrogen-bond donors (Lipinski definition) is 2. The zero-order valence-corrected chi connectivity index (χ0v) is 18.0. The molecule has 1 aliphatic carbocycles. The molecule has 0 atom stereocenters. The van der Waals surface area contributed by atoms with Crippen LogP contribution in [0.1, 0.15) is 31.7 Å². The van der Waals surface area contributed by atoms with E-state index in [2.05, 4.69) is 19.9 Å². The Bertz CT molecular complexity index is 1150. The van der Waals surface area contributed by atoms with Gasteiger partial charge in [-0.15, -0.1) is 0 Å². The number of nitrogens with zero attached hydrogens (tertiary/aromatic N) is 3. The maximum atomic E-state index is 10.9. The van der Waals surface area contributed by atoms with Crippen molar-refractivity contribution in [2.24, 2.45) is 0 Å². The molecule has 5 rings (SSSR count). The van der Waals surface area contributed by atoms with Crippen LogP contribution >= 0.6 is 23.2 Å². The van der Waals surface area contributed by atoms with Crippen molar-refractivity contribution < 1.29 is 19.4 Å². The molecule has 162 valence electrons. The average molecular weight is 463 g/mol. The largest absolute Gasteiger partial charge is 0.465 e. The van der Waals surface area contributed by atoms with Crippen molar-refractivity contribution in [1.29, 1.82) is 0 Å². The first-order valence-electron chi connectivity index (χ1n) is 10.0. The quantitative estimate of drug-likeness (QED) is 0.508. The highest BCUT2D eigenvalue weighted by molar-refractivity contribution is 6.35. The molecule has 2 aliphatic rings. The fourth-order valence-corrected chi connectivity index (χ4v) is 5.01. The van der Waals surface area contributed by atoms with Crippen LogP contribution in [0.25, 0.3) is 22.2 Å². The topological polar surface area (TPSA) is 98.5 Å². The lowest BCUT2D eigenvalue weighted by Crippen LogP contribution is -2.35. The van der Waals surface area contributed by atoms with Gasteiger partial charge in [-0.05, 0) is 30.5 Å². The maximum Gasteiger partial charge on any atom is 0.409 e. The summed E-state index contributed by atoms with van der Waals surface area (Å²) in [5.41, 5.74) is 2.72. The van der Waals surface area contributed by atoms with Gasteiger partial charge in [0.2, 0.25) is 0 Å². The molecule has 2 fully saturated rings. The van der Waals surface area contributed by atoms with Crippen molar-refractivity contribution in [2.75, 3.05) is 18.5 Å². The number of aromatic nitrogens is 3. The van der Waals surface area contributed by atoms with Crippen LogP contribution < -0.4 is 5.32 Å². The standard InChI is InChI=1S/C21H20Cl2N4O4/c22-15-9-12(1-2-16(15)26-20(28)29)14-10-27(19-17(14)18(23)24-11-25-19)13-3-5-21(6-4-13)30-7-8-31-21/h1-2,9-11,13,26H,3-8H2,(H,28,29). The summed E-state index contributed by atoms with van der Waals surface area (Å²) in [6.07, 6.45) is 5.76. The van der Waals surface area contributed by atoms with E-state index >= 15 is 0 Å². The molecule has 8 nitrogen and oxygen atoms in total. The Kier molecular flexibility index (Phi) is 5.26. The molecule has 1 saturated heterocycles. The number of fused-ring (bicyclic) bond motifs is 1. The number of carboxylic acid groups (broad SMARTS) is 1. The van der Waals surface area contributed by atoms with Gasteiger partial charge < -0.3 is 19.1 Å². The monoisotopic (exact) mass is 462 g/mol. The number of ether oxygens (including phenoxy) is 2. The van der Waals surface area contributed by atoms with Gasteiger partial charge in [0.1, 0.15) is 17.1 Å². The van der Waals surface area contributed by atoms with Gasteiger partial charge in [0, 0.05) is 30.6 Å². The molecule has 0 radical (unpaired) electrons. The van der Waals surface area contributed by atoms with E-state index in [0.717, 1.165) is 47.8 Å². The Morgan fingerprint density at radius 3 is 2.61 bits per heavy atom. The van der Waals surface area contributed by atoms with Crippen molar-refractivity contribution in [3.63, 3.8) is 0 Å². The third-order valence-electron chi connectivity index (χ3n) is 6.01. The molecule has 3 aromatic rings. The van der Waals surface area contributed by atoms with E-state index in [1.807, 2.05) is 6.20 Å². The van der Waals surface area contributed by atoms with Crippen molar-refractivity contribution in [1.82, 2.24) is 14.5 Å². The number of halogens is 2. The number of amides is 1. The van der Waals surface area contributed by atoms with Crippen molar-refractivity contribution in [3.8, 4) is 11.1 Å². The highest BCUT2D eigenvalue weighted by Crippen LogP contribution is 2.43. The van der Waals surface area contributed by atoms with Crippen LogP contribution in [-0.4, -0.2) is 44.7 Å². The van der Waals surface area contributed by atoms with Crippen molar-refractivity contribution in [2.45, 2.75) is 37.5 Å². The maximum absolute atomic E-state index is 10.9. The first kappa shape index (κ1) is 20.5. The summed E-state index contributed by atoms with van der Waals surface area (Å²) in [4.78, 5) is 19.6. The van der Waals surface area contributed by atoms with E-state index in [-0.39, 0.29) is 6.04 Å². The van der Waals surface area contributed by atoms with Gasteiger partial charge in [0.05, 0.1) is 29.3 Å². The summed E-state index contributed by atoms with van der Waals surface area (Å²) in [5.74, 6) is -0.435. The smallest absolute Gasteiger partial charge is 0.409 e. The lowest BCUT2D eigenvalue weighted by molar-refractivity contribution is -0.181. The summed E-state index contributed by atoms with van der Waals surface area (Å²) in [6, 6.07) is 5.37. The minimum absolute atomic E-state index is 0.226. The summed E-state index contributed by atoms with van der Waals surface area (Å²) < 4.78 is 13.9. The van der Waals surface area contributed by atoms with E-state index in [0.29, 0.717) is 29.1 Å². The lowest BCUT2D eigenvalue weighted by atomic mass is 9.90. The summed E-state index contributed by atoms with van der Waals surface area (Å²) in [6.45, 7) is 1.30. The molecule has 1 saturated carbocycles. The molecular formula is C21H20Cl2N4O4. The zero-order chi connectivity index (χ0) is 21.6. The number of nitrogens with one attached hydrogen (secondary N) is 1. The minimum atomic E-state index is -1.17. The predicted octanol–water partition coefficient (Wildman–Crippen LogP) is 5.35. The summed E-state index contributed by atoms with van der Waals surface area (Å²) in [5, 5.41) is 12.6. The van der Waals surface area contributed by atoms with Crippen LogP contribution in [0.4, 0.5) is 10.5 Å². The molecule has 0 unspecified atom stereocenters. The number of benzene rings is 1. The molecule has 1 spiro atoms. The van der Waals surface area contributed by atoms with E-state index in [1.54, 1.807) is 18.2 Å². The van der Waals surface area contributed by atoms with Gasteiger partial charge in [-0.25, -0.2) is 14.8 Å². The second-order valence-electron chi connectivity index (χ2n) is 7.78. The second-order valence-corrected chi connectivity index (χ2v) is 8.54. The zero-order valence-electron chi connectivity index (χ0n) is 16.5. The highest BCUT2D eigenvalue weighted by Gasteiger charge is 2.41. The molecule has 1 amide bonds. The highest BCUT2D eigenvalue weighted by atomic mass is 35.5.